The van der Waals surface area contributed by atoms with E-state index >= 15 is 0 Å². The summed E-state index contributed by atoms with van der Waals surface area (Å²) in [6, 6.07) is 21.4. The fraction of sp³-hybridized carbons (Fsp3) is 0.182. The molecule has 0 amide bonds. The second-order valence-electron chi connectivity index (χ2n) is 9.18. The second kappa shape index (κ2) is 12.7. The Morgan fingerprint density at radius 3 is 2.45 bits per heavy atom. The first kappa shape index (κ1) is 28.6. The summed E-state index contributed by atoms with van der Waals surface area (Å²) in [5.74, 6) is 1.05. The number of methoxy groups -OCH3 is 2. The monoisotopic (exact) mass is 582 g/mol. The van der Waals surface area contributed by atoms with Gasteiger partial charge >= 0.3 is 5.97 Å². The van der Waals surface area contributed by atoms with Crippen LogP contribution in [0.15, 0.2) is 101 Å². The van der Waals surface area contributed by atoms with Crippen LogP contribution in [0.4, 0.5) is 0 Å². The Kier molecular flexibility index (Phi) is 8.68. The number of hydrogen-bond donors (Lipinski definition) is 0. The molecule has 8 nitrogen and oxygen atoms in total. The molecule has 0 fully saturated rings. The first-order chi connectivity index (χ1) is 20.5. The molecule has 5 rings (SSSR count). The van der Waals surface area contributed by atoms with Gasteiger partial charge in [0.25, 0.3) is 5.56 Å². The van der Waals surface area contributed by atoms with E-state index < -0.39 is 12.0 Å². The van der Waals surface area contributed by atoms with Crippen LogP contribution in [0.25, 0.3) is 11.8 Å². The van der Waals surface area contributed by atoms with Gasteiger partial charge in [0.05, 0.1) is 42.7 Å². The molecule has 42 heavy (non-hydrogen) atoms. The van der Waals surface area contributed by atoms with Crippen LogP contribution in [0.2, 0.25) is 0 Å². The quantitative estimate of drug-likeness (QED) is 0.202. The number of carbonyl (C=O) groups excluding carboxylic acids is 1. The SMILES string of the molecule is C=CCOc1ccccc1/C=c1/sc2n(c1=O)[C@@H](c1ccc(OC)c(OC)c1)C(C(=O)OCC)=C(c1ccccc1)N=2. The van der Waals surface area contributed by atoms with Gasteiger partial charge in [-0.2, -0.15) is 0 Å². The minimum Gasteiger partial charge on any atom is -0.493 e. The van der Waals surface area contributed by atoms with E-state index in [-0.39, 0.29) is 17.7 Å². The van der Waals surface area contributed by atoms with Crippen LogP contribution < -0.4 is 29.1 Å². The van der Waals surface area contributed by atoms with Crippen LogP contribution in [0, 0.1) is 0 Å². The number of thiazole rings is 1. The van der Waals surface area contributed by atoms with E-state index in [1.165, 1.54) is 18.4 Å². The minimum atomic E-state index is -0.843. The molecule has 0 saturated carbocycles. The first-order valence-electron chi connectivity index (χ1n) is 13.3. The molecule has 214 valence electrons. The zero-order chi connectivity index (χ0) is 29.6. The topological polar surface area (TPSA) is 88.3 Å². The van der Waals surface area contributed by atoms with Crippen LogP contribution in [-0.4, -0.2) is 38.0 Å². The Morgan fingerprint density at radius 1 is 1.00 bits per heavy atom. The average molecular weight is 583 g/mol. The maximum absolute atomic E-state index is 14.2. The fourth-order valence-corrected chi connectivity index (χ4v) is 5.79. The molecule has 0 bridgehead atoms. The van der Waals surface area contributed by atoms with Gasteiger partial charge in [0.2, 0.25) is 0 Å². The van der Waals surface area contributed by atoms with Crippen molar-refractivity contribution in [3.05, 3.63) is 127 Å². The summed E-state index contributed by atoms with van der Waals surface area (Å²) >= 11 is 1.24. The molecule has 1 aliphatic rings. The molecule has 0 N–H and O–H groups in total. The number of nitrogens with zero attached hydrogens (tertiary/aromatic N) is 2. The maximum atomic E-state index is 14.2. The largest absolute Gasteiger partial charge is 0.493 e. The van der Waals surface area contributed by atoms with Gasteiger partial charge in [-0.3, -0.25) is 9.36 Å². The Balaban J connectivity index is 1.82. The van der Waals surface area contributed by atoms with Gasteiger partial charge in [-0.25, -0.2) is 9.79 Å². The number of para-hydroxylation sites is 1. The molecule has 1 atom stereocenters. The van der Waals surface area contributed by atoms with E-state index in [4.69, 9.17) is 23.9 Å². The van der Waals surface area contributed by atoms with Crippen molar-refractivity contribution >= 4 is 29.1 Å². The normalized spacial score (nSPS) is 14.5. The minimum absolute atomic E-state index is 0.162. The lowest BCUT2D eigenvalue weighted by Crippen LogP contribution is -2.40. The standard InChI is InChI=1S/C33H30N2O6S/c1-5-18-41-24-15-11-10-14-22(24)20-27-31(36)35-30(23-16-17-25(38-3)26(19-23)39-4)28(32(37)40-6-2)29(34-33(35)42-27)21-12-8-7-9-13-21/h5,7-17,19-20,30H,1,6,18H2,2-4H3/b27-20+/t30-/m0/s1. The highest BCUT2D eigenvalue weighted by Crippen LogP contribution is 2.38. The van der Waals surface area contributed by atoms with Crippen molar-refractivity contribution in [1.82, 2.24) is 4.57 Å². The summed E-state index contributed by atoms with van der Waals surface area (Å²) < 4.78 is 24.4. The molecular weight excluding hydrogens is 552 g/mol. The number of carbonyl (C=O) groups is 1. The molecule has 0 aliphatic carbocycles. The zero-order valence-electron chi connectivity index (χ0n) is 23.5. The number of benzene rings is 3. The van der Waals surface area contributed by atoms with E-state index in [9.17, 15) is 9.59 Å². The summed E-state index contributed by atoms with van der Waals surface area (Å²) in [6.45, 7) is 5.95. The van der Waals surface area contributed by atoms with E-state index in [1.54, 1.807) is 42.9 Å². The van der Waals surface area contributed by atoms with Gasteiger partial charge in [-0.1, -0.05) is 78.6 Å². The number of hydrogen-bond acceptors (Lipinski definition) is 8. The van der Waals surface area contributed by atoms with Gasteiger partial charge in [0, 0.05) is 11.1 Å². The van der Waals surface area contributed by atoms with Crippen LogP contribution in [-0.2, 0) is 9.53 Å². The number of aromatic nitrogens is 1. The Hall–Kier alpha value is -4.89. The molecule has 3 aromatic carbocycles. The number of rotatable bonds is 10. The van der Waals surface area contributed by atoms with E-state index in [1.807, 2.05) is 60.7 Å². The lowest BCUT2D eigenvalue weighted by molar-refractivity contribution is -0.138. The zero-order valence-corrected chi connectivity index (χ0v) is 24.4. The molecule has 1 aromatic heterocycles. The first-order valence-corrected chi connectivity index (χ1v) is 14.2. The lowest BCUT2D eigenvalue weighted by atomic mass is 9.93. The van der Waals surface area contributed by atoms with Gasteiger partial charge in [0.15, 0.2) is 16.3 Å². The highest BCUT2D eigenvalue weighted by atomic mass is 32.1. The lowest BCUT2D eigenvalue weighted by Gasteiger charge is -2.26. The van der Waals surface area contributed by atoms with Gasteiger partial charge in [0.1, 0.15) is 12.4 Å². The van der Waals surface area contributed by atoms with Crippen molar-refractivity contribution in [2.24, 2.45) is 4.99 Å². The number of esters is 1. The molecule has 0 unspecified atom stereocenters. The predicted octanol–water partition coefficient (Wildman–Crippen LogP) is 4.52. The molecule has 0 saturated heterocycles. The smallest absolute Gasteiger partial charge is 0.338 e. The fourth-order valence-electron chi connectivity index (χ4n) is 4.80. The molecule has 0 radical (unpaired) electrons. The van der Waals surface area contributed by atoms with Crippen molar-refractivity contribution in [2.45, 2.75) is 13.0 Å². The van der Waals surface area contributed by atoms with E-state index in [0.717, 1.165) is 11.1 Å². The Labute approximate surface area is 247 Å². The average Bonchev–Trinajstić information content (AvgIpc) is 3.34. The Bertz CT molecular complexity index is 1840. The van der Waals surface area contributed by atoms with E-state index in [0.29, 0.717) is 44.4 Å². The summed E-state index contributed by atoms with van der Waals surface area (Å²) in [5, 5.41) is 0. The van der Waals surface area contributed by atoms with E-state index in [2.05, 4.69) is 6.58 Å². The third-order valence-corrected chi connectivity index (χ3v) is 7.64. The summed E-state index contributed by atoms with van der Waals surface area (Å²) in [7, 11) is 3.09. The highest BCUT2D eigenvalue weighted by molar-refractivity contribution is 7.07. The van der Waals surface area contributed by atoms with Crippen molar-refractivity contribution in [1.29, 1.82) is 0 Å². The second-order valence-corrected chi connectivity index (χ2v) is 10.2. The van der Waals surface area contributed by atoms with Crippen LogP contribution in [0.1, 0.15) is 29.7 Å². The van der Waals surface area contributed by atoms with Crippen molar-refractivity contribution < 1.29 is 23.7 Å². The third-order valence-electron chi connectivity index (χ3n) is 6.66. The molecule has 4 aromatic rings. The highest BCUT2D eigenvalue weighted by Gasteiger charge is 2.35. The van der Waals surface area contributed by atoms with Crippen LogP contribution in [0.3, 0.4) is 0 Å². The molecular formula is C33H30N2O6S. The van der Waals surface area contributed by atoms with Gasteiger partial charge < -0.3 is 18.9 Å². The van der Waals surface area contributed by atoms with Crippen LogP contribution in [0.5, 0.6) is 17.2 Å². The molecule has 9 heteroatoms. The molecule has 0 spiro atoms. The molecule has 1 aliphatic heterocycles. The van der Waals surface area contributed by atoms with Crippen molar-refractivity contribution in [2.75, 3.05) is 27.4 Å². The number of ether oxygens (including phenoxy) is 4. The summed E-state index contributed by atoms with van der Waals surface area (Å²) in [6.07, 6.45) is 3.44. The van der Waals surface area contributed by atoms with Gasteiger partial charge in [-0.05, 0) is 36.8 Å². The third kappa shape index (κ3) is 5.51. The Morgan fingerprint density at radius 2 is 1.74 bits per heavy atom. The van der Waals surface area contributed by atoms with Crippen molar-refractivity contribution in [3.8, 4) is 17.2 Å². The summed E-state index contributed by atoms with van der Waals surface area (Å²) in [4.78, 5) is 33.2. The van der Waals surface area contributed by atoms with Crippen LogP contribution >= 0.6 is 11.3 Å². The molecule has 2 heterocycles. The number of fused-ring (bicyclic) bond motifs is 1. The van der Waals surface area contributed by atoms with Gasteiger partial charge in [-0.15, -0.1) is 0 Å². The maximum Gasteiger partial charge on any atom is 0.338 e. The summed E-state index contributed by atoms with van der Waals surface area (Å²) in [5.41, 5.74) is 2.50. The predicted molar refractivity (Wildman–Crippen MR) is 163 cm³/mol. The van der Waals surface area contributed by atoms with Crippen molar-refractivity contribution in [3.63, 3.8) is 0 Å².